The Kier molecular flexibility index (Phi) is 4.59. The second kappa shape index (κ2) is 5.89. The number of carboxylic acids is 1. The van der Waals surface area contributed by atoms with Crippen molar-refractivity contribution in [2.45, 2.75) is 30.2 Å². The first-order chi connectivity index (χ1) is 9.35. The van der Waals surface area contributed by atoms with Crippen LogP contribution in [0.2, 0.25) is 10.0 Å². The third-order valence-electron chi connectivity index (χ3n) is 3.24. The van der Waals surface area contributed by atoms with Crippen LogP contribution in [0.5, 0.6) is 0 Å². The lowest BCUT2D eigenvalue weighted by Crippen LogP contribution is -2.47. The highest BCUT2D eigenvalue weighted by Gasteiger charge is 2.38. The van der Waals surface area contributed by atoms with E-state index in [9.17, 15) is 18.3 Å². The smallest absolute Gasteiger partial charge is 0.322 e. The van der Waals surface area contributed by atoms with Crippen LogP contribution in [0, 0.1) is 0 Å². The first kappa shape index (κ1) is 15.6. The minimum absolute atomic E-state index is 0.0797. The van der Waals surface area contributed by atoms with Crippen LogP contribution in [0.3, 0.4) is 0 Å². The Morgan fingerprint density at radius 1 is 1.30 bits per heavy atom. The van der Waals surface area contributed by atoms with Crippen molar-refractivity contribution in [3.63, 3.8) is 0 Å². The van der Waals surface area contributed by atoms with Gasteiger partial charge in [0.05, 0.1) is 10.0 Å². The average molecular weight is 338 g/mol. The summed E-state index contributed by atoms with van der Waals surface area (Å²) in [5, 5.41) is 9.22. The molecule has 0 aromatic heterocycles. The van der Waals surface area contributed by atoms with Crippen LogP contribution in [0.4, 0.5) is 0 Å². The molecule has 0 radical (unpaired) electrons. The van der Waals surface area contributed by atoms with Gasteiger partial charge in [-0.1, -0.05) is 29.3 Å². The maximum absolute atomic E-state index is 12.6. The normalized spacial score (nSPS) is 20.8. The molecule has 0 saturated carbocycles. The van der Waals surface area contributed by atoms with Crippen molar-refractivity contribution < 1.29 is 18.3 Å². The van der Waals surface area contributed by atoms with Gasteiger partial charge in [0.25, 0.3) is 0 Å². The second-order valence-corrected chi connectivity index (χ2v) is 7.16. The summed E-state index contributed by atoms with van der Waals surface area (Å²) in [5.74, 6) is -1.15. The fourth-order valence-corrected chi connectivity index (χ4v) is 4.64. The quantitative estimate of drug-likeness (QED) is 0.919. The van der Waals surface area contributed by atoms with Crippen molar-refractivity contribution in [1.29, 1.82) is 0 Å². The predicted molar refractivity (Wildman–Crippen MR) is 75.6 cm³/mol. The highest BCUT2D eigenvalue weighted by molar-refractivity contribution is 7.89. The first-order valence-electron chi connectivity index (χ1n) is 6.04. The standard InChI is InChI=1S/C12H13Cl2NO4S/c13-8-4-3-6-10(11(8)14)20(18,19)15-7-2-1-5-9(15)12(16)17/h3-4,6,9H,1-2,5,7H2,(H,16,17)/t9-/m1/s1. The zero-order chi connectivity index (χ0) is 14.9. The van der Waals surface area contributed by atoms with Crippen molar-refractivity contribution in [3.05, 3.63) is 28.2 Å². The summed E-state index contributed by atoms with van der Waals surface area (Å²) in [5.41, 5.74) is 0. The van der Waals surface area contributed by atoms with Crippen LogP contribution in [0.25, 0.3) is 0 Å². The molecule has 1 fully saturated rings. The monoisotopic (exact) mass is 337 g/mol. The molecule has 1 atom stereocenters. The molecule has 0 spiro atoms. The van der Waals surface area contributed by atoms with E-state index < -0.39 is 22.0 Å². The van der Waals surface area contributed by atoms with Crippen LogP contribution in [0.15, 0.2) is 23.1 Å². The lowest BCUT2D eigenvalue weighted by atomic mass is 10.1. The van der Waals surface area contributed by atoms with Gasteiger partial charge in [-0.2, -0.15) is 4.31 Å². The SMILES string of the molecule is O=C(O)[C@H]1CCCCN1S(=O)(=O)c1cccc(Cl)c1Cl. The van der Waals surface area contributed by atoms with Crippen molar-refractivity contribution in [2.24, 2.45) is 0 Å². The Labute approximate surface area is 127 Å². The molecule has 1 aromatic rings. The van der Waals surface area contributed by atoms with E-state index in [1.165, 1.54) is 18.2 Å². The van der Waals surface area contributed by atoms with Crippen molar-refractivity contribution in [2.75, 3.05) is 6.54 Å². The average Bonchev–Trinajstić information content (AvgIpc) is 2.41. The topological polar surface area (TPSA) is 74.7 Å². The van der Waals surface area contributed by atoms with E-state index in [1.807, 2.05) is 0 Å². The van der Waals surface area contributed by atoms with Gasteiger partial charge in [-0.3, -0.25) is 4.79 Å². The van der Waals surface area contributed by atoms with E-state index >= 15 is 0 Å². The Bertz CT molecular complexity index is 632. The number of hydrogen-bond donors (Lipinski definition) is 1. The van der Waals surface area contributed by atoms with Crippen molar-refractivity contribution in [3.8, 4) is 0 Å². The predicted octanol–water partition coefficient (Wildman–Crippen LogP) is 2.62. The summed E-state index contributed by atoms with van der Waals surface area (Å²) < 4.78 is 26.2. The van der Waals surface area contributed by atoms with Crippen molar-refractivity contribution in [1.82, 2.24) is 4.31 Å². The Morgan fingerprint density at radius 3 is 2.65 bits per heavy atom. The molecule has 0 amide bonds. The van der Waals surface area contributed by atoms with Gasteiger partial charge in [0.1, 0.15) is 10.9 Å². The van der Waals surface area contributed by atoms with E-state index in [0.717, 1.165) is 4.31 Å². The maximum Gasteiger partial charge on any atom is 0.322 e. The summed E-state index contributed by atoms with van der Waals surface area (Å²) in [6.07, 6.45) is 1.61. The second-order valence-electron chi connectivity index (χ2n) is 4.52. The molecule has 20 heavy (non-hydrogen) atoms. The molecule has 1 aliphatic rings. The van der Waals surface area contributed by atoms with Crippen LogP contribution >= 0.6 is 23.2 Å². The largest absolute Gasteiger partial charge is 0.480 e. The van der Waals surface area contributed by atoms with Crippen LogP contribution in [0.1, 0.15) is 19.3 Å². The summed E-state index contributed by atoms with van der Waals surface area (Å²) in [7, 11) is -3.97. The number of sulfonamides is 1. The lowest BCUT2D eigenvalue weighted by Gasteiger charge is -2.32. The molecule has 1 N–H and O–H groups in total. The molecular weight excluding hydrogens is 325 g/mol. The number of hydrogen-bond acceptors (Lipinski definition) is 3. The van der Waals surface area contributed by atoms with E-state index in [-0.39, 0.29) is 21.5 Å². The van der Waals surface area contributed by atoms with Gasteiger partial charge in [-0.25, -0.2) is 8.42 Å². The molecule has 110 valence electrons. The zero-order valence-corrected chi connectivity index (χ0v) is 12.7. The van der Waals surface area contributed by atoms with E-state index in [2.05, 4.69) is 0 Å². The highest BCUT2D eigenvalue weighted by Crippen LogP contribution is 2.33. The van der Waals surface area contributed by atoms with Gasteiger partial charge in [-0.05, 0) is 31.4 Å². The number of aliphatic carboxylic acids is 1. The summed E-state index contributed by atoms with van der Waals surface area (Å²) in [6, 6.07) is 3.23. The number of nitrogens with zero attached hydrogens (tertiary/aromatic N) is 1. The summed E-state index contributed by atoms with van der Waals surface area (Å²) in [4.78, 5) is 11.1. The number of carbonyl (C=O) groups is 1. The number of piperidine rings is 1. The Hall–Kier alpha value is -0.820. The number of rotatable bonds is 3. The first-order valence-corrected chi connectivity index (χ1v) is 8.24. The molecular formula is C12H13Cl2NO4S. The molecule has 0 bridgehead atoms. The fourth-order valence-electron chi connectivity index (χ4n) is 2.25. The molecule has 2 rings (SSSR count). The number of carboxylic acid groups (broad SMARTS) is 1. The fraction of sp³-hybridized carbons (Fsp3) is 0.417. The Morgan fingerprint density at radius 2 is 2.00 bits per heavy atom. The molecule has 5 nitrogen and oxygen atoms in total. The number of halogens is 2. The number of benzene rings is 1. The van der Waals surface area contributed by atoms with Gasteiger partial charge in [0, 0.05) is 6.54 Å². The van der Waals surface area contributed by atoms with Gasteiger partial charge in [-0.15, -0.1) is 0 Å². The summed E-state index contributed by atoms with van der Waals surface area (Å²) in [6.45, 7) is 0.169. The van der Waals surface area contributed by atoms with Gasteiger partial charge in [0.2, 0.25) is 10.0 Å². The molecule has 1 aliphatic heterocycles. The van der Waals surface area contributed by atoms with Gasteiger partial charge < -0.3 is 5.11 Å². The van der Waals surface area contributed by atoms with Crippen molar-refractivity contribution >= 4 is 39.2 Å². The third kappa shape index (κ3) is 2.79. The molecule has 0 unspecified atom stereocenters. The Balaban J connectivity index is 2.48. The van der Waals surface area contributed by atoms with Gasteiger partial charge in [0.15, 0.2) is 0 Å². The minimum atomic E-state index is -3.97. The van der Waals surface area contributed by atoms with Crippen LogP contribution < -0.4 is 0 Å². The van der Waals surface area contributed by atoms with Crippen LogP contribution in [-0.2, 0) is 14.8 Å². The molecule has 0 aliphatic carbocycles. The highest BCUT2D eigenvalue weighted by atomic mass is 35.5. The van der Waals surface area contributed by atoms with Crippen LogP contribution in [-0.4, -0.2) is 36.4 Å². The molecule has 1 aromatic carbocycles. The van der Waals surface area contributed by atoms with E-state index in [1.54, 1.807) is 0 Å². The third-order valence-corrected chi connectivity index (χ3v) is 6.12. The molecule has 1 heterocycles. The zero-order valence-electron chi connectivity index (χ0n) is 10.4. The maximum atomic E-state index is 12.6. The summed E-state index contributed by atoms with van der Waals surface area (Å²) >= 11 is 11.8. The van der Waals surface area contributed by atoms with E-state index in [0.29, 0.717) is 19.3 Å². The van der Waals surface area contributed by atoms with Gasteiger partial charge >= 0.3 is 5.97 Å². The molecule has 1 saturated heterocycles. The minimum Gasteiger partial charge on any atom is -0.480 e. The lowest BCUT2D eigenvalue weighted by molar-refractivity contribution is -0.142. The molecule has 8 heteroatoms. The van der Waals surface area contributed by atoms with E-state index in [4.69, 9.17) is 23.2 Å².